The van der Waals surface area contributed by atoms with Crippen LogP contribution >= 0.6 is 11.6 Å². The van der Waals surface area contributed by atoms with Crippen LogP contribution in [0.15, 0.2) is 23.1 Å². The lowest BCUT2D eigenvalue weighted by Crippen LogP contribution is -2.65. The van der Waals surface area contributed by atoms with E-state index in [-0.39, 0.29) is 31.1 Å². The quantitative estimate of drug-likeness (QED) is 0.689. The molecule has 0 spiro atoms. The first kappa shape index (κ1) is 20.7. The summed E-state index contributed by atoms with van der Waals surface area (Å²) in [4.78, 5) is 12.0. The first-order chi connectivity index (χ1) is 12.8. The Morgan fingerprint density at radius 2 is 2.07 bits per heavy atom. The summed E-state index contributed by atoms with van der Waals surface area (Å²) in [5.74, 6) is -0.311. The van der Waals surface area contributed by atoms with E-state index in [0.29, 0.717) is 24.5 Å². The van der Waals surface area contributed by atoms with Crippen LogP contribution in [0.5, 0.6) is 0 Å². The molecule has 3 rings (SSSR count). The molecule has 2 aliphatic rings. The van der Waals surface area contributed by atoms with E-state index in [1.807, 2.05) is 0 Å². The standard InChI is InChI=1S/C16H21ClFN3O4S2/c17-12-3-1-4-13(14(12)18)27(24,25)16(5-2-6-19-11-16)20-15(22)21-7-9-26(23)10-8-21/h1,3-4,19H,2,5-11H2,(H,20,22)/t16-/m0/s1. The van der Waals surface area contributed by atoms with Gasteiger partial charge in [0, 0.05) is 6.54 Å². The first-order valence-corrected chi connectivity index (χ1v) is 11.9. The number of nitrogens with one attached hydrogen (secondary N) is 2. The predicted molar refractivity (Wildman–Crippen MR) is 101 cm³/mol. The summed E-state index contributed by atoms with van der Waals surface area (Å²) in [7, 11) is -4.26. The van der Waals surface area contributed by atoms with Gasteiger partial charge in [-0.05, 0) is 31.5 Å². The smallest absolute Gasteiger partial charge is 0.319 e. The summed E-state index contributed by atoms with van der Waals surface area (Å²) in [6, 6.07) is 3.24. The Bertz CT molecular complexity index is 810. The summed E-state index contributed by atoms with van der Waals surface area (Å²) >= 11 is 4.80. The fourth-order valence-electron chi connectivity index (χ4n) is 3.30. The molecule has 1 atom stereocenters. The molecule has 0 aromatic heterocycles. The number of benzene rings is 1. The number of sulfone groups is 1. The molecular formula is C16H21ClFN3O4S2. The topological polar surface area (TPSA) is 102 Å². The van der Waals surface area contributed by atoms with E-state index in [9.17, 15) is 22.2 Å². The van der Waals surface area contributed by atoms with Gasteiger partial charge in [0.05, 0.1) is 18.1 Å². The number of nitrogens with zero attached hydrogens (tertiary/aromatic N) is 1. The summed E-state index contributed by atoms with van der Waals surface area (Å²) in [6.07, 6.45) is 0.658. The molecule has 0 bridgehead atoms. The van der Waals surface area contributed by atoms with E-state index in [0.717, 1.165) is 6.07 Å². The molecule has 2 aliphatic heterocycles. The Labute approximate surface area is 165 Å². The SMILES string of the molecule is O=C(N[C@]1(S(=O)(=O)c2cccc(Cl)c2F)CCCNC1)N1CC[S+]([O-])CC1. The van der Waals surface area contributed by atoms with Gasteiger partial charge < -0.3 is 20.1 Å². The van der Waals surface area contributed by atoms with E-state index in [2.05, 4.69) is 10.6 Å². The van der Waals surface area contributed by atoms with Gasteiger partial charge in [-0.2, -0.15) is 0 Å². The van der Waals surface area contributed by atoms with Crippen molar-refractivity contribution < 1.29 is 22.2 Å². The molecular weight excluding hydrogens is 417 g/mol. The molecule has 11 heteroatoms. The minimum atomic E-state index is -4.26. The van der Waals surface area contributed by atoms with E-state index in [1.54, 1.807) is 0 Å². The molecule has 0 radical (unpaired) electrons. The third-order valence-corrected chi connectivity index (χ3v) is 8.81. The first-order valence-electron chi connectivity index (χ1n) is 8.58. The fraction of sp³-hybridized carbons (Fsp3) is 0.562. The molecule has 150 valence electrons. The van der Waals surface area contributed by atoms with Crippen molar-refractivity contribution in [1.29, 1.82) is 0 Å². The number of rotatable bonds is 3. The predicted octanol–water partition coefficient (Wildman–Crippen LogP) is 1.11. The van der Waals surface area contributed by atoms with Crippen LogP contribution in [0.4, 0.5) is 9.18 Å². The number of urea groups is 1. The minimum absolute atomic E-state index is 0.0349. The van der Waals surface area contributed by atoms with E-state index in [4.69, 9.17) is 11.6 Å². The van der Waals surface area contributed by atoms with Crippen LogP contribution < -0.4 is 10.6 Å². The monoisotopic (exact) mass is 437 g/mol. The molecule has 0 saturated carbocycles. The molecule has 0 unspecified atom stereocenters. The lowest BCUT2D eigenvalue weighted by atomic mass is 10.1. The summed E-state index contributed by atoms with van der Waals surface area (Å²) < 4.78 is 52.6. The van der Waals surface area contributed by atoms with Gasteiger partial charge >= 0.3 is 6.03 Å². The van der Waals surface area contributed by atoms with E-state index >= 15 is 0 Å². The molecule has 2 amide bonds. The molecule has 2 saturated heterocycles. The van der Waals surface area contributed by atoms with Gasteiger partial charge in [0.15, 0.2) is 10.7 Å². The van der Waals surface area contributed by atoms with Gasteiger partial charge in [-0.1, -0.05) is 28.8 Å². The molecule has 2 N–H and O–H groups in total. The van der Waals surface area contributed by atoms with Crippen molar-refractivity contribution in [2.75, 3.05) is 37.7 Å². The average Bonchev–Trinajstić information content (AvgIpc) is 2.65. The maximum atomic E-state index is 14.5. The maximum absolute atomic E-state index is 14.5. The normalized spacial score (nSPS) is 24.6. The Morgan fingerprint density at radius 1 is 1.37 bits per heavy atom. The van der Waals surface area contributed by atoms with Crippen LogP contribution in [-0.4, -0.2) is 66.5 Å². The molecule has 27 heavy (non-hydrogen) atoms. The highest BCUT2D eigenvalue weighted by molar-refractivity contribution is 7.93. The van der Waals surface area contributed by atoms with Gasteiger partial charge in [-0.25, -0.2) is 17.6 Å². The van der Waals surface area contributed by atoms with Crippen molar-refractivity contribution >= 4 is 38.6 Å². The van der Waals surface area contributed by atoms with Crippen LogP contribution in [0.3, 0.4) is 0 Å². The van der Waals surface area contributed by atoms with Gasteiger partial charge in [-0.3, -0.25) is 0 Å². The average molecular weight is 438 g/mol. The van der Waals surface area contributed by atoms with Gasteiger partial charge in [-0.15, -0.1) is 0 Å². The summed E-state index contributed by atoms with van der Waals surface area (Å²) in [5, 5.41) is 5.32. The largest absolute Gasteiger partial charge is 0.616 e. The van der Waals surface area contributed by atoms with Crippen LogP contribution in [-0.2, 0) is 21.0 Å². The fourth-order valence-corrected chi connectivity index (χ4v) is 6.53. The van der Waals surface area contributed by atoms with Crippen molar-refractivity contribution in [3.8, 4) is 0 Å². The van der Waals surface area contributed by atoms with Crippen LogP contribution in [0.1, 0.15) is 12.8 Å². The van der Waals surface area contributed by atoms with Crippen molar-refractivity contribution in [1.82, 2.24) is 15.5 Å². The summed E-state index contributed by atoms with van der Waals surface area (Å²) in [6.45, 7) is 1.14. The molecule has 1 aromatic rings. The third kappa shape index (κ3) is 4.04. The second kappa shape index (κ2) is 8.12. The zero-order valence-corrected chi connectivity index (χ0v) is 16.9. The molecule has 7 nitrogen and oxygen atoms in total. The van der Waals surface area contributed by atoms with E-state index < -0.39 is 42.6 Å². The number of piperidine rings is 1. The Kier molecular flexibility index (Phi) is 6.21. The van der Waals surface area contributed by atoms with Crippen molar-refractivity contribution in [3.05, 3.63) is 29.0 Å². The molecule has 2 fully saturated rings. The Morgan fingerprint density at radius 3 is 2.70 bits per heavy atom. The number of carbonyl (C=O) groups excluding carboxylic acids is 1. The van der Waals surface area contributed by atoms with Gasteiger partial charge in [0.25, 0.3) is 0 Å². The number of hydrogen-bond acceptors (Lipinski definition) is 5. The molecule has 1 aromatic carbocycles. The zero-order valence-electron chi connectivity index (χ0n) is 14.5. The van der Waals surface area contributed by atoms with Crippen molar-refractivity contribution in [3.63, 3.8) is 0 Å². The van der Waals surface area contributed by atoms with Crippen LogP contribution in [0.2, 0.25) is 5.02 Å². The highest BCUT2D eigenvalue weighted by atomic mass is 35.5. The maximum Gasteiger partial charge on any atom is 0.319 e. The molecule has 2 heterocycles. The zero-order chi connectivity index (χ0) is 19.7. The second-order valence-corrected chi connectivity index (χ2v) is 10.9. The van der Waals surface area contributed by atoms with Gasteiger partial charge in [0.2, 0.25) is 9.84 Å². The number of amides is 2. The van der Waals surface area contributed by atoms with Gasteiger partial charge in [0.1, 0.15) is 16.4 Å². The Balaban J connectivity index is 1.92. The number of hydrogen-bond donors (Lipinski definition) is 2. The second-order valence-electron chi connectivity index (χ2n) is 6.60. The highest BCUT2D eigenvalue weighted by Gasteiger charge is 2.49. The number of carbonyl (C=O) groups is 1. The Hall–Kier alpha value is -1.07. The van der Waals surface area contributed by atoms with Crippen LogP contribution in [0, 0.1) is 5.82 Å². The number of halogens is 2. The lowest BCUT2D eigenvalue weighted by Gasteiger charge is -2.39. The third-order valence-electron chi connectivity index (χ3n) is 4.86. The summed E-state index contributed by atoms with van der Waals surface area (Å²) in [5.41, 5.74) is 0. The molecule has 0 aliphatic carbocycles. The van der Waals surface area contributed by atoms with Crippen molar-refractivity contribution in [2.45, 2.75) is 22.6 Å². The van der Waals surface area contributed by atoms with E-state index in [1.165, 1.54) is 17.0 Å². The highest BCUT2D eigenvalue weighted by Crippen LogP contribution is 2.33. The lowest BCUT2D eigenvalue weighted by molar-refractivity contribution is 0.190. The van der Waals surface area contributed by atoms with Crippen molar-refractivity contribution in [2.24, 2.45) is 0 Å². The van der Waals surface area contributed by atoms with Crippen LogP contribution in [0.25, 0.3) is 0 Å². The minimum Gasteiger partial charge on any atom is -0.616 e.